The van der Waals surface area contributed by atoms with Crippen molar-refractivity contribution in [2.45, 2.75) is 10.8 Å². The fraction of sp³-hybridized carbons (Fsp3) is 0.0714. The van der Waals surface area contributed by atoms with Gasteiger partial charge in [-0.2, -0.15) is 0 Å². The first-order valence-corrected chi connectivity index (χ1v) is 12.0. The van der Waals surface area contributed by atoms with Crippen LogP contribution in [0.15, 0.2) is 83.8 Å². The minimum atomic E-state index is -1.17. The smallest absolute Gasteiger partial charge is 0.335 e. The summed E-state index contributed by atoms with van der Waals surface area (Å²) in [7, 11) is 0. The molecule has 4 aromatic rings. The van der Waals surface area contributed by atoms with E-state index in [2.05, 4.69) is 0 Å². The van der Waals surface area contributed by atoms with Gasteiger partial charge in [0.15, 0.2) is 11.6 Å². The number of carboxylic acid groups (broad SMARTS) is 2. The lowest BCUT2D eigenvalue weighted by Crippen LogP contribution is -2.13. The molecule has 0 aromatic heterocycles. The van der Waals surface area contributed by atoms with Crippen molar-refractivity contribution in [1.29, 1.82) is 0 Å². The van der Waals surface area contributed by atoms with Crippen molar-refractivity contribution in [3.8, 4) is 5.75 Å². The number of thioether (sulfide) groups is 1. The van der Waals surface area contributed by atoms with Crippen LogP contribution in [-0.2, 0) is 0 Å². The number of phenols is 1. The van der Waals surface area contributed by atoms with E-state index in [0.717, 1.165) is 15.7 Å². The van der Waals surface area contributed by atoms with Crippen LogP contribution in [0.3, 0.4) is 0 Å². The number of aromatic hydroxyl groups is 1. The van der Waals surface area contributed by atoms with Crippen LogP contribution in [0.25, 0.3) is 10.8 Å². The van der Waals surface area contributed by atoms with E-state index in [9.17, 15) is 24.3 Å². The Hall–Kier alpha value is -4.43. The van der Waals surface area contributed by atoms with Crippen molar-refractivity contribution in [2.24, 2.45) is 0 Å². The van der Waals surface area contributed by atoms with Crippen LogP contribution in [-0.4, -0.2) is 45.1 Å². The van der Waals surface area contributed by atoms with Crippen molar-refractivity contribution in [2.75, 3.05) is 6.26 Å². The molecule has 8 heteroatoms. The average molecular weight is 501 g/mol. The lowest BCUT2D eigenvalue weighted by atomic mass is 9.91. The van der Waals surface area contributed by atoms with Gasteiger partial charge in [-0.3, -0.25) is 9.59 Å². The molecular weight excluding hydrogens is 480 g/mol. The number of benzene rings is 4. The third kappa shape index (κ3) is 4.71. The predicted octanol–water partition coefficient (Wildman–Crippen LogP) is 5.51. The number of carbonyl (C=O) groups is 4. The molecule has 0 saturated carbocycles. The van der Waals surface area contributed by atoms with Gasteiger partial charge in [0.1, 0.15) is 11.7 Å². The molecule has 1 aliphatic carbocycles. The number of phenolic OH excluding ortho intramolecular Hbond substituents is 1. The highest BCUT2D eigenvalue weighted by molar-refractivity contribution is 7.98. The van der Waals surface area contributed by atoms with Gasteiger partial charge < -0.3 is 15.3 Å². The first-order chi connectivity index (χ1) is 17.2. The molecule has 180 valence electrons. The van der Waals surface area contributed by atoms with Gasteiger partial charge >= 0.3 is 11.9 Å². The lowest BCUT2D eigenvalue weighted by Gasteiger charge is -2.11. The van der Waals surface area contributed by atoms with E-state index in [-0.39, 0.29) is 28.0 Å². The first-order valence-electron chi connectivity index (χ1n) is 10.8. The number of hydrogen-bond acceptors (Lipinski definition) is 6. The number of Topliss-reactive ketones (excluding diaryl/α,β-unsaturated/α-hetero) is 2. The summed E-state index contributed by atoms with van der Waals surface area (Å²) in [5.41, 5.74) is 0.803. The van der Waals surface area contributed by atoms with Gasteiger partial charge in [-0.1, -0.05) is 30.3 Å². The van der Waals surface area contributed by atoms with E-state index >= 15 is 0 Å². The van der Waals surface area contributed by atoms with Gasteiger partial charge in [-0.25, -0.2) is 9.59 Å². The number of carbonyl (C=O) groups excluding carboxylic acids is 2. The second kappa shape index (κ2) is 10.1. The molecule has 36 heavy (non-hydrogen) atoms. The number of rotatable bonds is 4. The molecule has 4 aromatic carbocycles. The van der Waals surface area contributed by atoms with Gasteiger partial charge in [-0.15, -0.1) is 11.8 Å². The Morgan fingerprint density at radius 1 is 0.722 bits per heavy atom. The summed E-state index contributed by atoms with van der Waals surface area (Å²) < 4.78 is 0. The topological polar surface area (TPSA) is 129 Å². The Bertz CT molecular complexity index is 1540. The van der Waals surface area contributed by atoms with Gasteiger partial charge in [-0.05, 0) is 65.6 Å². The highest BCUT2D eigenvalue weighted by atomic mass is 32.2. The molecule has 0 spiro atoms. The lowest BCUT2D eigenvalue weighted by molar-refractivity contribution is 0.0686. The molecule has 1 atom stereocenters. The molecule has 0 saturated heterocycles. The van der Waals surface area contributed by atoms with E-state index in [1.54, 1.807) is 24.3 Å². The normalized spacial score (nSPS) is 14.2. The van der Waals surface area contributed by atoms with Gasteiger partial charge in [0, 0.05) is 21.6 Å². The highest BCUT2D eigenvalue weighted by Gasteiger charge is 2.41. The minimum Gasteiger partial charge on any atom is -0.508 e. The number of fused-ring (bicyclic) bond motifs is 2. The number of ketones is 2. The second-order valence-corrected chi connectivity index (χ2v) is 8.90. The number of carboxylic acids is 2. The predicted molar refractivity (Wildman–Crippen MR) is 136 cm³/mol. The highest BCUT2D eigenvalue weighted by Crippen LogP contribution is 2.39. The minimum absolute atomic E-state index is 0.0525. The standard InChI is InChI=1S/C20H12O5.C8H8O2S/c21-16-9-11-4-2-1-3-10(11)7-15(16)17-18(22)13-6-5-12(20(24)25)8-14(13)19(17)23;1-11-7-4-2-3-6(5-7)8(9)10/h1-9,17,21H,(H,24,25);2-5H,1H3,(H,9,10). The maximum absolute atomic E-state index is 12.7. The Morgan fingerprint density at radius 2 is 1.33 bits per heavy atom. The molecule has 1 unspecified atom stereocenters. The van der Waals surface area contributed by atoms with Crippen LogP contribution < -0.4 is 0 Å². The van der Waals surface area contributed by atoms with E-state index in [1.165, 1.54) is 36.0 Å². The zero-order valence-electron chi connectivity index (χ0n) is 19.0. The zero-order chi connectivity index (χ0) is 26.0. The van der Waals surface area contributed by atoms with Crippen LogP contribution in [0, 0.1) is 0 Å². The zero-order valence-corrected chi connectivity index (χ0v) is 19.8. The molecule has 1 aliphatic rings. The van der Waals surface area contributed by atoms with Crippen molar-refractivity contribution in [3.63, 3.8) is 0 Å². The molecule has 0 heterocycles. The fourth-order valence-corrected chi connectivity index (χ4v) is 4.50. The molecule has 0 radical (unpaired) electrons. The SMILES string of the molecule is CSc1cccc(C(=O)O)c1.O=C(O)c1ccc2c(c1)C(=O)C(c1cc3ccccc3cc1O)C2=O. The quantitative estimate of drug-likeness (QED) is 0.247. The summed E-state index contributed by atoms with van der Waals surface area (Å²) in [6.07, 6.45) is 1.92. The molecule has 7 nitrogen and oxygen atoms in total. The van der Waals surface area contributed by atoms with Crippen molar-refractivity contribution in [1.82, 2.24) is 0 Å². The maximum Gasteiger partial charge on any atom is 0.335 e. The Morgan fingerprint density at radius 3 is 1.97 bits per heavy atom. The summed E-state index contributed by atoms with van der Waals surface area (Å²) >= 11 is 1.54. The Labute approximate surface area is 210 Å². The second-order valence-electron chi connectivity index (χ2n) is 8.02. The third-order valence-electron chi connectivity index (χ3n) is 5.84. The van der Waals surface area contributed by atoms with Crippen molar-refractivity contribution < 1.29 is 34.5 Å². The van der Waals surface area contributed by atoms with Crippen LogP contribution in [0.1, 0.15) is 52.9 Å². The molecule has 5 rings (SSSR count). The van der Waals surface area contributed by atoms with Crippen molar-refractivity contribution >= 4 is 46.0 Å². The maximum atomic E-state index is 12.7. The molecule has 0 bridgehead atoms. The van der Waals surface area contributed by atoms with E-state index in [4.69, 9.17) is 10.2 Å². The van der Waals surface area contributed by atoms with Crippen LogP contribution in [0.5, 0.6) is 5.75 Å². The molecular formula is C28H20O7S. The van der Waals surface area contributed by atoms with E-state index in [1.807, 2.05) is 36.6 Å². The number of hydrogen-bond donors (Lipinski definition) is 3. The molecule has 0 amide bonds. The fourth-order valence-electron chi connectivity index (χ4n) is 4.04. The monoisotopic (exact) mass is 500 g/mol. The average Bonchev–Trinajstić information content (AvgIpc) is 3.13. The summed E-state index contributed by atoms with van der Waals surface area (Å²) in [6.45, 7) is 0. The largest absolute Gasteiger partial charge is 0.508 e. The Balaban J connectivity index is 0.000000233. The van der Waals surface area contributed by atoms with Crippen LogP contribution >= 0.6 is 11.8 Å². The van der Waals surface area contributed by atoms with Gasteiger partial charge in [0.2, 0.25) is 0 Å². The Kier molecular flexibility index (Phi) is 6.89. The third-order valence-corrected chi connectivity index (χ3v) is 6.57. The van der Waals surface area contributed by atoms with Crippen LogP contribution in [0.4, 0.5) is 0 Å². The van der Waals surface area contributed by atoms with E-state index < -0.39 is 29.4 Å². The van der Waals surface area contributed by atoms with Gasteiger partial charge in [0.25, 0.3) is 0 Å². The first kappa shape index (κ1) is 24.7. The molecule has 3 N–H and O–H groups in total. The van der Waals surface area contributed by atoms with E-state index in [0.29, 0.717) is 5.56 Å². The summed E-state index contributed by atoms with van der Waals surface area (Å²) in [5, 5.41) is 29.6. The summed E-state index contributed by atoms with van der Waals surface area (Å²) in [6, 6.07) is 21.2. The molecule has 0 aliphatic heterocycles. The summed E-state index contributed by atoms with van der Waals surface area (Å²) in [4.78, 5) is 48.0. The number of aromatic carboxylic acids is 2. The van der Waals surface area contributed by atoms with Crippen molar-refractivity contribution in [3.05, 3.63) is 107 Å². The van der Waals surface area contributed by atoms with Crippen LogP contribution in [0.2, 0.25) is 0 Å². The molecule has 0 fully saturated rings. The van der Waals surface area contributed by atoms with Gasteiger partial charge in [0.05, 0.1) is 11.1 Å². The summed E-state index contributed by atoms with van der Waals surface area (Å²) in [5.74, 6) is -4.24.